The SMILES string of the molecule is COc1cc(C(=O)C(C)CN2CCNCC2)ccc1O. The molecule has 5 heteroatoms. The lowest BCUT2D eigenvalue weighted by Gasteiger charge is -2.29. The monoisotopic (exact) mass is 278 g/mol. The molecule has 1 aliphatic rings. The first-order valence-corrected chi connectivity index (χ1v) is 6.96. The molecular formula is C15H22N2O3. The van der Waals surface area contributed by atoms with Crippen LogP contribution in [0.3, 0.4) is 0 Å². The maximum absolute atomic E-state index is 12.4. The zero-order chi connectivity index (χ0) is 14.5. The molecular weight excluding hydrogens is 256 g/mol. The molecule has 110 valence electrons. The number of phenols is 1. The Balaban J connectivity index is 2.02. The third kappa shape index (κ3) is 3.49. The van der Waals surface area contributed by atoms with Gasteiger partial charge in [-0.2, -0.15) is 0 Å². The van der Waals surface area contributed by atoms with Gasteiger partial charge in [0.05, 0.1) is 7.11 Å². The van der Waals surface area contributed by atoms with Crippen molar-refractivity contribution in [2.75, 3.05) is 39.8 Å². The Morgan fingerprint density at radius 3 is 2.80 bits per heavy atom. The number of carbonyl (C=O) groups is 1. The number of carbonyl (C=O) groups excluding carboxylic acids is 1. The van der Waals surface area contributed by atoms with E-state index in [1.165, 1.54) is 13.2 Å². The van der Waals surface area contributed by atoms with Gasteiger partial charge in [0.15, 0.2) is 17.3 Å². The number of ether oxygens (including phenoxy) is 1. The fourth-order valence-electron chi connectivity index (χ4n) is 2.48. The summed E-state index contributed by atoms with van der Waals surface area (Å²) in [6.07, 6.45) is 0. The number of nitrogens with zero attached hydrogens (tertiary/aromatic N) is 1. The molecule has 2 rings (SSSR count). The van der Waals surface area contributed by atoms with Gasteiger partial charge in [-0.3, -0.25) is 4.79 Å². The van der Waals surface area contributed by atoms with Gasteiger partial charge in [-0.25, -0.2) is 0 Å². The van der Waals surface area contributed by atoms with Crippen molar-refractivity contribution in [3.05, 3.63) is 23.8 Å². The second-order valence-electron chi connectivity index (χ2n) is 5.20. The molecule has 0 amide bonds. The molecule has 1 fully saturated rings. The summed E-state index contributed by atoms with van der Waals surface area (Å²) in [5.41, 5.74) is 0.585. The van der Waals surface area contributed by atoms with E-state index in [9.17, 15) is 9.90 Å². The van der Waals surface area contributed by atoms with Gasteiger partial charge in [-0.1, -0.05) is 6.92 Å². The van der Waals surface area contributed by atoms with Gasteiger partial charge in [0.25, 0.3) is 0 Å². The van der Waals surface area contributed by atoms with Gasteiger partial charge in [-0.15, -0.1) is 0 Å². The molecule has 1 aromatic carbocycles. The summed E-state index contributed by atoms with van der Waals surface area (Å²) in [6.45, 7) is 6.64. The number of benzene rings is 1. The van der Waals surface area contributed by atoms with Crippen molar-refractivity contribution >= 4 is 5.78 Å². The average Bonchev–Trinajstić information content (AvgIpc) is 2.48. The molecule has 1 aromatic rings. The second-order valence-corrected chi connectivity index (χ2v) is 5.20. The first-order valence-electron chi connectivity index (χ1n) is 6.96. The Morgan fingerprint density at radius 1 is 1.45 bits per heavy atom. The molecule has 0 radical (unpaired) electrons. The molecule has 1 aliphatic heterocycles. The highest BCUT2D eigenvalue weighted by molar-refractivity contribution is 5.98. The lowest BCUT2D eigenvalue weighted by atomic mass is 9.98. The minimum atomic E-state index is -0.0673. The Labute approximate surface area is 119 Å². The van der Waals surface area contributed by atoms with Crippen molar-refractivity contribution in [1.82, 2.24) is 10.2 Å². The van der Waals surface area contributed by atoms with Crippen LogP contribution in [0.15, 0.2) is 18.2 Å². The van der Waals surface area contributed by atoms with Gasteiger partial charge >= 0.3 is 0 Å². The van der Waals surface area contributed by atoms with E-state index < -0.39 is 0 Å². The van der Waals surface area contributed by atoms with Crippen LogP contribution in [-0.4, -0.2) is 55.6 Å². The maximum Gasteiger partial charge on any atom is 0.167 e. The van der Waals surface area contributed by atoms with E-state index in [1.54, 1.807) is 12.1 Å². The first kappa shape index (κ1) is 14.8. The molecule has 1 atom stereocenters. The van der Waals surface area contributed by atoms with E-state index in [0.29, 0.717) is 11.3 Å². The number of hydrogen-bond acceptors (Lipinski definition) is 5. The van der Waals surface area contributed by atoms with E-state index in [1.807, 2.05) is 6.92 Å². The van der Waals surface area contributed by atoms with Crippen LogP contribution >= 0.6 is 0 Å². The van der Waals surface area contributed by atoms with Crippen LogP contribution in [0.4, 0.5) is 0 Å². The van der Waals surface area contributed by atoms with Crippen molar-refractivity contribution in [2.45, 2.75) is 6.92 Å². The highest BCUT2D eigenvalue weighted by Gasteiger charge is 2.20. The maximum atomic E-state index is 12.4. The van der Waals surface area contributed by atoms with Crippen LogP contribution in [0, 0.1) is 5.92 Å². The van der Waals surface area contributed by atoms with Crippen molar-refractivity contribution in [2.24, 2.45) is 5.92 Å². The number of rotatable bonds is 5. The highest BCUT2D eigenvalue weighted by Crippen LogP contribution is 2.27. The lowest BCUT2D eigenvalue weighted by Crippen LogP contribution is -2.45. The van der Waals surface area contributed by atoms with E-state index >= 15 is 0 Å². The largest absolute Gasteiger partial charge is 0.504 e. The van der Waals surface area contributed by atoms with Gasteiger partial charge in [-0.05, 0) is 18.2 Å². The van der Waals surface area contributed by atoms with Gasteiger partial charge < -0.3 is 20.1 Å². The van der Waals surface area contributed by atoms with Crippen LogP contribution in [0.5, 0.6) is 11.5 Å². The molecule has 2 N–H and O–H groups in total. The van der Waals surface area contributed by atoms with Crippen LogP contribution in [0.1, 0.15) is 17.3 Å². The number of ketones is 1. The Bertz CT molecular complexity index is 470. The van der Waals surface area contributed by atoms with Crippen LogP contribution in [-0.2, 0) is 0 Å². The van der Waals surface area contributed by atoms with Gasteiger partial charge in [0.2, 0.25) is 0 Å². The summed E-state index contributed by atoms with van der Waals surface area (Å²) < 4.78 is 5.04. The summed E-state index contributed by atoms with van der Waals surface area (Å²) in [5.74, 6) is 0.410. The third-order valence-corrected chi connectivity index (χ3v) is 3.65. The summed E-state index contributed by atoms with van der Waals surface area (Å²) in [7, 11) is 1.48. The molecule has 0 aromatic heterocycles. The second kappa shape index (κ2) is 6.72. The molecule has 0 aliphatic carbocycles. The molecule has 0 spiro atoms. The predicted molar refractivity (Wildman–Crippen MR) is 77.5 cm³/mol. The van der Waals surface area contributed by atoms with Crippen LogP contribution < -0.4 is 10.1 Å². The highest BCUT2D eigenvalue weighted by atomic mass is 16.5. The van der Waals surface area contributed by atoms with Gasteiger partial charge in [0.1, 0.15) is 0 Å². The standard InChI is InChI=1S/C15H22N2O3/c1-11(10-17-7-5-16-6-8-17)15(19)12-3-4-13(18)14(9-12)20-2/h3-4,9,11,16,18H,5-8,10H2,1-2H3. The van der Waals surface area contributed by atoms with Gasteiger partial charge in [0, 0.05) is 44.2 Å². The topological polar surface area (TPSA) is 61.8 Å². The summed E-state index contributed by atoms with van der Waals surface area (Å²) in [4.78, 5) is 14.7. The minimum Gasteiger partial charge on any atom is -0.504 e. The van der Waals surface area contributed by atoms with Crippen molar-refractivity contribution < 1.29 is 14.6 Å². The van der Waals surface area contributed by atoms with E-state index in [-0.39, 0.29) is 17.5 Å². The molecule has 1 heterocycles. The normalized spacial score (nSPS) is 17.7. The smallest absolute Gasteiger partial charge is 0.167 e. The molecule has 5 nitrogen and oxygen atoms in total. The number of methoxy groups -OCH3 is 1. The quantitative estimate of drug-likeness (QED) is 0.791. The van der Waals surface area contributed by atoms with Crippen LogP contribution in [0.25, 0.3) is 0 Å². The fourth-order valence-corrected chi connectivity index (χ4v) is 2.48. The minimum absolute atomic E-state index is 0.0545. The van der Waals surface area contributed by atoms with Crippen molar-refractivity contribution in [3.8, 4) is 11.5 Å². The zero-order valence-electron chi connectivity index (χ0n) is 12.1. The fraction of sp³-hybridized carbons (Fsp3) is 0.533. The van der Waals surface area contributed by atoms with E-state index in [2.05, 4.69) is 10.2 Å². The number of piperazine rings is 1. The summed E-state index contributed by atoms with van der Waals surface area (Å²) in [5, 5.41) is 12.9. The average molecular weight is 278 g/mol. The lowest BCUT2D eigenvalue weighted by molar-refractivity contribution is 0.0887. The summed E-state index contributed by atoms with van der Waals surface area (Å²) in [6, 6.07) is 4.75. The zero-order valence-corrected chi connectivity index (χ0v) is 12.1. The predicted octanol–water partition coefficient (Wildman–Crippen LogP) is 1.12. The number of phenolic OH excluding ortho intramolecular Hbond substituents is 1. The molecule has 20 heavy (non-hydrogen) atoms. The van der Waals surface area contributed by atoms with E-state index in [4.69, 9.17) is 4.74 Å². The number of aromatic hydroxyl groups is 1. The summed E-state index contributed by atoms with van der Waals surface area (Å²) >= 11 is 0. The molecule has 0 bridgehead atoms. The Kier molecular flexibility index (Phi) is 4.98. The first-order chi connectivity index (χ1) is 9.61. The van der Waals surface area contributed by atoms with Crippen molar-refractivity contribution in [1.29, 1.82) is 0 Å². The Hall–Kier alpha value is -1.59. The molecule has 1 saturated heterocycles. The third-order valence-electron chi connectivity index (χ3n) is 3.65. The molecule has 0 saturated carbocycles. The number of nitrogens with one attached hydrogen (secondary N) is 1. The van der Waals surface area contributed by atoms with Crippen molar-refractivity contribution in [3.63, 3.8) is 0 Å². The number of Topliss-reactive ketones (excluding diaryl/α,β-unsaturated/α-hetero) is 1. The van der Waals surface area contributed by atoms with Crippen LogP contribution in [0.2, 0.25) is 0 Å². The molecule has 1 unspecified atom stereocenters. The van der Waals surface area contributed by atoms with E-state index in [0.717, 1.165) is 32.7 Å². The number of hydrogen-bond donors (Lipinski definition) is 2. The Morgan fingerprint density at radius 2 is 2.15 bits per heavy atom.